The number of nitrogens with zero attached hydrogens (tertiary/aromatic N) is 4. The van der Waals surface area contributed by atoms with Gasteiger partial charge < -0.3 is 20.1 Å². The number of aromatic nitrogens is 1. The number of fused-ring (bicyclic) bond motifs is 1. The molecule has 1 unspecified atom stereocenters. The summed E-state index contributed by atoms with van der Waals surface area (Å²) in [4.78, 5) is 24.0. The van der Waals surface area contributed by atoms with E-state index < -0.39 is 11.5 Å². The lowest BCUT2D eigenvalue weighted by Gasteiger charge is -2.48. The molecule has 3 aliphatic rings. The molecule has 0 radical (unpaired) electrons. The summed E-state index contributed by atoms with van der Waals surface area (Å²) in [5.41, 5.74) is 0.282. The summed E-state index contributed by atoms with van der Waals surface area (Å²) in [6.07, 6.45) is 1.61. The molecule has 0 aliphatic carbocycles. The maximum atomic E-state index is 14.7. The highest BCUT2D eigenvalue weighted by atomic mass is 19.3. The first-order valence-corrected chi connectivity index (χ1v) is 13.5. The second kappa shape index (κ2) is 10.8. The molecule has 0 saturated carbocycles. The highest BCUT2D eigenvalue weighted by Crippen LogP contribution is 2.43. The van der Waals surface area contributed by atoms with Gasteiger partial charge in [-0.25, -0.2) is 0 Å². The highest BCUT2D eigenvalue weighted by molar-refractivity contribution is 5.97. The first kappa shape index (κ1) is 28.3. The van der Waals surface area contributed by atoms with Crippen molar-refractivity contribution in [3.05, 3.63) is 23.5 Å². The fourth-order valence-corrected chi connectivity index (χ4v) is 5.82. The third-order valence-electron chi connectivity index (χ3n) is 8.21. The van der Waals surface area contributed by atoms with Crippen molar-refractivity contribution in [1.29, 1.82) is 0 Å². The molecule has 1 aromatic heterocycles. The van der Waals surface area contributed by atoms with Crippen molar-refractivity contribution in [2.24, 2.45) is 0 Å². The minimum absolute atomic E-state index is 0.00115. The van der Waals surface area contributed by atoms with Crippen LogP contribution in [0, 0.1) is 0 Å². The number of carbonyl (C=O) groups excluding carboxylic acids is 1. The number of anilines is 1. The number of halogens is 2. The number of morpholine rings is 1. The molecular weight excluding hydrogens is 480 g/mol. The minimum Gasteiger partial charge on any atom is -0.394 e. The zero-order valence-electron chi connectivity index (χ0n) is 22.9. The third-order valence-corrected chi connectivity index (χ3v) is 8.21. The Balaban J connectivity index is 1.54. The average molecular weight is 524 g/mol. The number of piperazine rings is 1. The van der Waals surface area contributed by atoms with E-state index in [1.807, 2.05) is 20.8 Å². The van der Waals surface area contributed by atoms with Gasteiger partial charge in [-0.1, -0.05) is 27.2 Å². The quantitative estimate of drug-likeness (QED) is 0.542. The fraction of sp³-hybridized carbons (Fsp3) is 0.778. The summed E-state index contributed by atoms with van der Waals surface area (Å²) in [6, 6.07) is 1.72. The highest BCUT2D eigenvalue weighted by Gasteiger charge is 2.43. The monoisotopic (exact) mass is 523 g/mol. The Labute approximate surface area is 219 Å². The smallest absolute Gasteiger partial charge is 0.289 e. The number of alkyl halides is 2. The number of rotatable bonds is 8. The van der Waals surface area contributed by atoms with Crippen molar-refractivity contribution in [2.45, 2.75) is 76.4 Å². The van der Waals surface area contributed by atoms with E-state index in [-0.39, 0.29) is 48.7 Å². The van der Waals surface area contributed by atoms with Crippen molar-refractivity contribution < 1.29 is 23.4 Å². The molecule has 10 heteroatoms. The molecule has 4 rings (SSSR count). The Bertz CT molecular complexity index is 977. The SMILES string of the molecule is CCCC(F)(F)c1cc2c(cn1)C(C)(C)CN2C(=O)CN1CC(C)NC[C@@H]1CN1CCOC[C@@]1(C)CO. The average Bonchev–Trinajstić information content (AvgIpc) is 3.12. The maximum Gasteiger partial charge on any atom is 0.289 e. The number of aliphatic hydroxyl groups is 1. The molecule has 2 fully saturated rings. The Morgan fingerprint density at radius 1 is 1.35 bits per heavy atom. The zero-order valence-corrected chi connectivity index (χ0v) is 22.9. The normalized spacial score (nSPS) is 28.9. The molecule has 2 N–H and O–H groups in total. The summed E-state index contributed by atoms with van der Waals surface area (Å²) >= 11 is 0. The van der Waals surface area contributed by atoms with E-state index in [4.69, 9.17) is 4.74 Å². The van der Waals surface area contributed by atoms with Crippen LogP contribution in [-0.2, 0) is 20.9 Å². The molecule has 1 amide bonds. The molecule has 3 aliphatic heterocycles. The number of aliphatic hydroxyl groups excluding tert-OH is 1. The summed E-state index contributed by atoms with van der Waals surface area (Å²) in [5, 5.41) is 13.6. The first-order chi connectivity index (χ1) is 17.4. The number of amides is 1. The lowest BCUT2D eigenvalue weighted by Crippen LogP contribution is -2.65. The van der Waals surface area contributed by atoms with Crippen LogP contribution in [0.25, 0.3) is 0 Å². The Morgan fingerprint density at radius 3 is 2.81 bits per heavy atom. The van der Waals surface area contributed by atoms with Crippen molar-refractivity contribution in [3.63, 3.8) is 0 Å². The van der Waals surface area contributed by atoms with Crippen LogP contribution in [0.3, 0.4) is 0 Å². The van der Waals surface area contributed by atoms with Crippen LogP contribution in [0.2, 0.25) is 0 Å². The topological polar surface area (TPSA) is 81.2 Å². The largest absolute Gasteiger partial charge is 0.394 e. The van der Waals surface area contributed by atoms with Crippen LogP contribution < -0.4 is 10.2 Å². The van der Waals surface area contributed by atoms with Crippen LogP contribution >= 0.6 is 0 Å². The number of carbonyl (C=O) groups is 1. The molecular formula is C27H43F2N5O3. The van der Waals surface area contributed by atoms with Gasteiger partial charge in [0.1, 0.15) is 5.69 Å². The number of ether oxygens (including phenoxy) is 1. The van der Waals surface area contributed by atoms with Crippen LogP contribution in [0.4, 0.5) is 14.5 Å². The molecule has 2 saturated heterocycles. The molecule has 1 aromatic rings. The zero-order chi connectivity index (χ0) is 27.0. The molecule has 0 aromatic carbocycles. The fourth-order valence-electron chi connectivity index (χ4n) is 5.82. The van der Waals surface area contributed by atoms with E-state index in [0.29, 0.717) is 45.0 Å². The lowest BCUT2D eigenvalue weighted by atomic mass is 9.88. The molecule has 37 heavy (non-hydrogen) atoms. The van der Waals surface area contributed by atoms with Gasteiger partial charge in [-0.2, -0.15) is 8.78 Å². The number of hydrogen-bond donors (Lipinski definition) is 2. The van der Waals surface area contributed by atoms with Gasteiger partial charge in [0.05, 0.1) is 37.6 Å². The van der Waals surface area contributed by atoms with E-state index in [9.17, 15) is 18.7 Å². The van der Waals surface area contributed by atoms with Gasteiger partial charge in [-0.3, -0.25) is 19.6 Å². The van der Waals surface area contributed by atoms with Gasteiger partial charge >= 0.3 is 0 Å². The van der Waals surface area contributed by atoms with Crippen molar-refractivity contribution in [1.82, 2.24) is 20.1 Å². The van der Waals surface area contributed by atoms with Gasteiger partial charge in [-0.05, 0) is 19.9 Å². The van der Waals surface area contributed by atoms with Gasteiger partial charge in [0.2, 0.25) is 5.91 Å². The standard InChI is InChI=1S/C27H43F2N5O3/c1-6-7-27(28,29)23-10-22-21(12-31-23)25(3,4)16-34(22)24(36)15-32-13-19(2)30-11-20(32)14-33-8-9-37-18-26(33,5)17-35/h10,12,19-20,30,35H,6-9,11,13-18H2,1-5H3/t19?,20-,26-/m1/s1. The molecule has 4 heterocycles. The van der Waals surface area contributed by atoms with E-state index in [1.165, 1.54) is 12.3 Å². The van der Waals surface area contributed by atoms with Gasteiger partial charge in [0.25, 0.3) is 5.92 Å². The van der Waals surface area contributed by atoms with Crippen molar-refractivity contribution >= 4 is 11.6 Å². The Morgan fingerprint density at radius 2 is 2.11 bits per heavy atom. The molecule has 0 spiro atoms. The number of hydrogen-bond acceptors (Lipinski definition) is 7. The van der Waals surface area contributed by atoms with E-state index >= 15 is 0 Å². The first-order valence-electron chi connectivity index (χ1n) is 13.5. The predicted molar refractivity (Wildman–Crippen MR) is 139 cm³/mol. The van der Waals surface area contributed by atoms with Crippen LogP contribution in [0.5, 0.6) is 0 Å². The van der Waals surface area contributed by atoms with E-state index in [0.717, 1.165) is 18.7 Å². The van der Waals surface area contributed by atoms with E-state index in [2.05, 4.69) is 27.0 Å². The summed E-state index contributed by atoms with van der Waals surface area (Å²) < 4.78 is 35.1. The van der Waals surface area contributed by atoms with Gasteiger partial charge in [-0.15, -0.1) is 0 Å². The predicted octanol–water partition coefficient (Wildman–Crippen LogP) is 2.34. The van der Waals surface area contributed by atoms with Crippen molar-refractivity contribution in [2.75, 3.05) is 64.0 Å². The second-order valence-corrected chi connectivity index (χ2v) is 12.0. The van der Waals surface area contributed by atoms with Crippen LogP contribution in [-0.4, -0.2) is 103 Å². The van der Waals surface area contributed by atoms with Crippen molar-refractivity contribution in [3.8, 4) is 0 Å². The molecule has 3 atom stereocenters. The Hall–Kier alpha value is -1.72. The summed E-state index contributed by atoms with van der Waals surface area (Å²) in [7, 11) is 0. The van der Waals surface area contributed by atoms with Crippen LogP contribution in [0.15, 0.2) is 12.3 Å². The second-order valence-electron chi connectivity index (χ2n) is 12.0. The van der Waals surface area contributed by atoms with Crippen LogP contribution in [0.1, 0.15) is 58.7 Å². The molecule has 0 bridgehead atoms. The van der Waals surface area contributed by atoms with Gasteiger partial charge in [0.15, 0.2) is 0 Å². The molecule has 208 valence electrons. The Kier molecular flexibility index (Phi) is 8.26. The maximum absolute atomic E-state index is 14.7. The van der Waals surface area contributed by atoms with Gasteiger partial charge in [0, 0.05) is 68.4 Å². The van der Waals surface area contributed by atoms with E-state index in [1.54, 1.807) is 11.8 Å². The third kappa shape index (κ3) is 5.83. The summed E-state index contributed by atoms with van der Waals surface area (Å²) in [6.45, 7) is 14.5. The number of nitrogens with one attached hydrogen (secondary N) is 1. The lowest BCUT2D eigenvalue weighted by molar-refractivity contribution is -0.122. The number of pyridine rings is 1. The molecule has 8 nitrogen and oxygen atoms in total. The minimum atomic E-state index is -3.03. The summed E-state index contributed by atoms with van der Waals surface area (Å²) in [5.74, 6) is -3.12.